The van der Waals surface area contributed by atoms with Crippen LogP contribution in [0.5, 0.6) is 0 Å². The van der Waals surface area contributed by atoms with Crippen molar-refractivity contribution in [3.05, 3.63) is 29.1 Å². The Hall–Kier alpha value is -0.510. The third-order valence-electron chi connectivity index (χ3n) is 1.50. The second-order valence-electron chi connectivity index (χ2n) is 2.43. The molecule has 1 aromatic heterocycles. The van der Waals surface area contributed by atoms with Gasteiger partial charge in [-0.1, -0.05) is 22.0 Å². The van der Waals surface area contributed by atoms with Gasteiger partial charge in [0, 0.05) is 11.0 Å². The van der Waals surface area contributed by atoms with E-state index in [1.54, 1.807) is 19.1 Å². The molecule has 0 spiro atoms. The van der Waals surface area contributed by atoms with Crippen molar-refractivity contribution in [1.82, 2.24) is 4.98 Å². The van der Waals surface area contributed by atoms with Crippen LogP contribution in [-0.2, 0) is 5.33 Å². The summed E-state index contributed by atoms with van der Waals surface area (Å²) in [6.45, 7) is 1.70. The summed E-state index contributed by atoms with van der Waals surface area (Å²) in [5.41, 5.74) is 1.05. The third kappa shape index (κ3) is 2.00. The highest BCUT2D eigenvalue weighted by atomic mass is 79.9. The number of aryl methyl sites for hydroxylation is 1. The second-order valence-corrected chi connectivity index (χ2v) is 2.99. The van der Waals surface area contributed by atoms with E-state index in [-0.39, 0.29) is 5.69 Å². The molecule has 0 atom stereocenters. The zero-order valence-corrected chi connectivity index (χ0v) is 8.11. The molecule has 1 aromatic rings. The Labute approximate surface area is 77.9 Å². The van der Waals surface area contributed by atoms with E-state index in [1.807, 2.05) is 0 Å². The average molecular weight is 236 g/mol. The minimum absolute atomic E-state index is 0.119. The van der Waals surface area contributed by atoms with Gasteiger partial charge < -0.3 is 0 Å². The van der Waals surface area contributed by atoms with E-state index in [9.17, 15) is 8.78 Å². The molecule has 0 saturated carbocycles. The van der Waals surface area contributed by atoms with Gasteiger partial charge in [0.25, 0.3) is 6.43 Å². The van der Waals surface area contributed by atoms with Gasteiger partial charge in [0.2, 0.25) is 0 Å². The second kappa shape index (κ2) is 3.94. The van der Waals surface area contributed by atoms with Gasteiger partial charge in [-0.3, -0.25) is 4.98 Å². The van der Waals surface area contributed by atoms with E-state index in [0.29, 0.717) is 16.6 Å². The number of hydrogen-bond donors (Lipinski definition) is 0. The van der Waals surface area contributed by atoms with Gasteiger partial charge in [-0.05, 0) is 18.6 Å². The summed E-state index contributed by atoms with van der Waals surface area (Å²) >= 11 is 3.13. The normalized spacial score (nSPS) is 10.8. The smallest absolute Gasteiger partial charge is 0.252 e. The summed E-state index contributed by atoms with van der Waals surface area (Å²) in [5.74, 6) is 0. The lowest BCUT2D eigenvalue weighted by atomic mass is 10.2. The molecule has 0 amide bonds. The molecule has 0 aliphatic heterocycles. The lowest BCUT2D eigenvalue weighted by Crippen LogP contribution is -1.97. The fourth-order valence-electron chi connectivity index (χ4n) is 0.908. The van der Waals surface area contributed by atoms with E-state index < -0.39 is 6.43 Å². The quantitative estimate of drug-likeness (QED) is 0.718. The molecule has 66 valence electrons. The van der Waals surface area contributed by atoms with Gasteiger partial charge in [-0.15, -0.1) is 0 Å². The van der Waals surface area contributed by atoms with Crippen molar-refractivity contribution in [3.8, 4) is 0 Å². The maximum atomic E-state index is 12.3. The van der Waals surface area contributed by atoms with Crippen LogP contribution in [0.2, 0.25) is 0 Å². The predicted molar refractivity (Wildman–Crippen MR) is 46.6 cm³/mol. The topological polar surface area (TPSA) is 12.9 Å². The maximum Gasteiger partial charge on any atom is 0.280 e. The first-order valence-electron chi connectivity index (χ1n) is 3.45. The first kappa shape index (κ1) is 9.58. The molecule has 0 aliphatic rings. The number of rotatable bonds is 2. The van der Waals surface area contributed by atoms with Gasteiger partial charge in [0.1, 0.15) is 5.69 Å². The molecule has 0 bridgehead atoms. The molecular weight excluding hydrogens is 228 g/mol. The Morgan fingerprint density at radius 3 is 2.67 bits per heavy atom. The van der Waals surface area contributed by atoms with Gasteiger partial charge in [0.05, 0.1) is 0 Å². The van der Waals surface area contributed by atoms with Crippen molar-refractivity contribution in [2.75, 3.05) is 0 Å². The average Bonchev–Trinajstić information content (AvgIpc) is 2.04. The molecule has 12 heavy (non-hydrogen) atoms. The van der Waals surface area contributed by atoms with Crippen LogP contribution in [0.15, 0.2) is 12.1 Å². The lowest BCUT2D eigenvalue weighted by Gasteiger charge is -2.05. The highest BCUT2D eigenvalue weighted by Crippen LogP contribution is 2.22. The first-order chi connectivity index (χ1) is 5.65. The summed E-state index contributed by atoms with van der Waals surface area (Å²) < 4.78 is 24.6. The fraction of sp³-hybridized carbons (Fsp3) is 0.375. The first-order valence-corrected chi connectivity index (χ1v) is 4.58. The Morgan fingerprint density at radius 2 is 2.17 bits per heavy atom. The van der Waals surface area contributed by atoms with Gasteiger partial charge in [-0.25, -0.2) is 8.78 Å². The van der Waals surface area contributed by atoms with Crippen LogP contribution in [0.4, 0.5) is 8.78 Å². The van der Waals surface area contributed by atoms with Crippen molar-refractivity contribution >= 4 is 15.9 Å². The molecule has 1 nitrogen and oxygen atoms in total. The van der Waals surface area contributed by atoms with Gasteiger partial charge >= 0.3 is 0 Å². The summed E-state index contributed by atoms with van der Waals surface area (Å²) in [4.78, 5) is 3.76. The van der Waals surface area contributed by atoms with Crippen LogP contribution in [0, 0.1) is 6.92 Å². The predicted octanol–water partition coefficient (Wildman–Crippen LogP) is 3.22. The summed E-state index contributed by atoms with van der Waals surface area (Å²) in [6.07, 6.45) is -2.49. The molecule has 0 fully saturated rings. The molecule has 1 heterocycles. The molecule has 0 aromatic carbocycles. The zero-order chi connectivity index (χ0) is 9.14. The van der Waals surface area contributed by atoms with E-state index in [0.717, 1.165) is 0 Å². The molecule has 1 rings (SSSR count). The number of aromatic nitrogens is 1. The number of pyridine rings is 1. The minimum atomic E-state index is -2.49. The van der Waals surface area contributed by atoms with Crippen LogP contribution < -0.4 is 0 Å². The number of alkyl halides is 3. The molecule has 4 heteroatoms. The number of nitrogens with zero attached hydrogens (tertiary/aromatic N) is 1. The highest BCUT2D eigenvalue weighted by molar-refractivity contribution is 9.08. The summed E-state index contributed by atoms with van der Waals surface area (Å²) in [5, 5.41) is 0.417. The van der Waals surface area contributed by atoms with Gasteiger partial charge in [-0.2, -0.15) is 0 Å². The van der Waals surface area contributed by atoms with Crippen molar-refractivity contribution in [1.29, 1.82) is 0 Å². The molecule has 0 unspecified atom stereocenters. The SMILES string of the molecule is Cc1ccc(CBr)c(C(F)F)n1. The molecule has 0 saturated heterocycles. The van der Waals surface area contributed by atoms with Crippen LogP contribution >= 0.6 is 15.9 Å². The van der Waals surface area contributed by atoms with E-state index in [4.69, 9.17) is 0 Å². The largest absolute Gasteiger partial charge is 0.280 e. The van der Waals surface area contributed by atoms with Crippen LogP contribution in [-0.4, -0.2) is 4.98 Å². The van der Waals surface area contributed by atoms with Crippen LogP contribution in [0.25, 0.3) is 0 Å². The van der Waals surface area contributed by atoms with Crippen LogP contribution in [0.3, 0.4) is 0 Å². The molecule has 0 radical (unpaired) electrons. The Morgan fingerprint density at radius 1 is 1.50 bits per heavy atom. The molecular formula is C8H8BrF2N. The van der Waals surface area contributed by atoms with Crippen molar-refractivity contribution in [2.45, 2.75) is 18.7 Å². The minimum Gasteiger partial charge on any atom is -0.252 e. The van der Waals surface area contributed by atoms with Crippen molar-refractivity contribution in [3.63, 3.8) is 0 Å². The maximum absolute atomic E-state index is 12.3. The van der Waals surface area contributed by atoms with E-state index >= 15 is 0 Å². The number of hydrogen-bond acceptors (Lipinski definition) is 1. The van der Waals surface area contributed by atoms with E-state index in [2.05, 4.69) is 20.9 Å². The standard InChI is InChI=1S/C8H8BrF2N/c1-5-2-3-6(4-9)7(12-5)8(10)11/h2-3,8H,4H2,1H3. The Kier molecular flexibility index (Phi) is 3.14. The highest BCUT2D eigenvalue weighted by Gasteiger charge is 2.13. The zero-order valence-electron chi connectivity index (χ0n) is 6.52. The van der Waals surface area contributed by atoms with Crippen molar-refractivity contribution < 1.29 is 8.78 Å². The fourth-order valence-corrected chi connectivity index (χ4v) is 1.38. The summed E-state index contributed by atoms with van der Waals surface area (Å²) in [6, 6.07) is 3.39. The van der Waals surface area contributed by atoms with E-state index in [1.165, 1.54) is 0 Å². The monoisotopic (exact) mass is 235 g/mol. The molecule has 0 aliphatic carbocycles. The van der Waals surface area contributed by atoms with Crippen molar-refractivity contribution in [2.24, 2.45) is 0 Å². The van der Waals surface area contributed by atoms with Gasteiger partial charge in [0.15, 0.2) is 0 Å². The lowest BCUT2D eigenvalue weighted by molar-refractivity contribution is 0.145. The van der Waals surface area contributed by atoms with Crippen LogP contribution in [0.1, 0.15) is 23.4 Å². The summed E-state index contributed by atoms with van der Waals surface area (Å²) in [7, 11) is 0. The third-order valence-corrected chi connectivity index (χ3v) is 2.11. The molecule has 0 N–H and O–H groups in total. The number of halogens is 3. The Balaban J connectivity index is 3.12. The Bertz CT molecular complexity index is 276.